The van der Waals surface area contributed by atoms with Crippen LogP contribution in [0.25, 0.3) is 11.1 Å². The molecule has 2 aromatic rings. The van der Waals surface area contributed by atoms with Gasteiger partial charge in [0.2, 0.25) is 5.89 Å². The van der Waals surface area contributed by atoms with Crippen LogP contribution in [0.5, 0.6) is 0 Å². The molecule has 1 aromatic heterocycles. The molecule has 6 heteroatoms. The van der Waals surface area contributed by atoms with Gasteiger partial charge in [0, 0.05) is 0 Å². The molecule has 0 aliphatic carbocycles. The molecule has 1 N–H and O–H groups in total. The lowest BCUT2D eigenvalue weighted by atomic mass is 9.95. The van der Waals surface area contributed by atoms with Gasteiger partial charge in [-0.15, -0.1) is 0 Å². The van der Waals surface area contributed by atoms with Crippen molar-refractivity contribution in [3.63, 3.8) is 0 Å². The highest BCUT2D eigenvalue weighted by Gasteiger charge is 2.29. The van der Waals surface area contributed by atoms with Crippen molar-refractivity contribution in [1.29, 1.82) is 5.26 Å². The van der Waals surface area contributed by atoms with Gasteiger partial charge in [0.25, 0.3) is 0 Å². The number of nitrogens with zero attached hydrogens (tertiary/aromatic N) is 2. The monoisotopic (exact) mass is 326 g/mol. The fraction of sp³-hybridized carbons (Fsp3) is 0.385. The lowest BCUT2D eigenvalue weighted by molar-refractivity contribution is 0.194. The predicted molar refractivity (Wildman–Crippen MR) is 71.2 cm³/mol. The second kappa shape index (κ2) is 4.58. The maximum absolute atomic E-state index is 14.1. The molecule has 4 nitrogen and oxygen atoms in total. The fourth-order valence-corrected chi connectivity index (χ4v) is 2.06. The third kappa shape index (κ3) is 2.03. The van der Waals surface area contributed by atoms with E-state index in [1.165, 1.54) is 0 Å². The summed E-state index contributed by atoms with van der Waals surface area (Å²) >= 11 is 3.11. The van der Waals surface area contributed by atoms with Gasteiger partial charge in [-0.3, -0.25) is 0 Å². The first kappa shape index (κ1) is 14.0. The van der Waals surface area contributed by atoms with E-state index in [0.717, 1.165) is 0 Å². The lowest BCUT2D eigenvalue weighted by Crippen LogP contribution is -2.22. The molecule has 0 unspecified atom stereocenters. The quantitative estimate of drug-likeness (QED) is 0.920. The SMILES string of the molecule is Cc1c(Br)c(F)c2oc(C(C)(C)CO)nc2c1C#N. The summed E-state index contributed by atoms with van der Waals surface area (Å²) in [7, 11) is 0. The molecule has 0 atom stereocenters. The van der Waals surface area contributed by atoms with Gasteiger partial charge in [0.1, 0.15) is 11.6 Å². The fourth-order valence-electron chi connectivity index (χ4n) is 1.68. The van der Waals surface area contributed by atoms with Crippen molar-refractivity contribution >= 4 is 27.0 Å². The topological polar surface area (TPSA) is 70.1 Å². The third-order valence-corrected chi connectivity index (χ3v) is 3.99. The number of hydrogen-bond acceptors (Lipinski definition) is 4. The molecule has 0 aliphatic heterocycles. The minimum absolute atomic E-state index is 0.0643. The molecule has 2 rings (SSSR count). The molecule has 1 heterocycles. The van der Waals surface area contributed by atoms with Crippen LogP contribution in [-0.2, 0) is 5.41 Å². The zero-order valence-electron chi connectivity index (χ0n) is 10.7. The van der Waals surface area contributed by atoms with Crippen molar-refractivity contribution in [1.82, 2.24) is 4.98 Å². The first-order valence-electron chi connectivity index (χ1n) is 5.63. The predicted octanol–water partition coefficient (Wildman–Crippen LogP) is 3.18. The van der Waals surface area contributed by atoms with Crippen molar-refractivity contribution in [3.05, 3.63) is 27.3 Å². The Morgan fingerprint density at radius 3 is 2.68 bits per heavy atom. The van der Waals surface area contributed by atoms with E-state index >= 15 is 0 Å². The second-order valence-electron chi connectivity index (χ2n) is 4.98. The number of oxazole rings is 1. The van der Waals surface area contributed by atoms with E-state index in [0.29, 0.717) is 5.56 Å². The molecule has 0 amide bonds. The van der Waals surface area contributed by atoms with Gasteiger partial charge in [-0.1, -0.05) is 0 Å². The maximum Gasteiger partial charge on any atom is 0.203 e. The number of aliphatic hydroxyl groups is 1. The van der Waals surface area contributed by atoms with Crippen molar-refractivity contribution in [2.24, 2.45) is 0 Å². The van der Waals surface area contributed by atoms with Gasteiger partial charge in [-0.05, 0) is 42.3 Å². The minimum Gasteiger partial charge on any atom is -0.437 e. The summed E-state index contributed by atoms with van der Waals surface area (Å²) in [5, 5.41) is 18.5. The molecule has 1 aromatic carbocycles. The Balaban J connectivity index is 2.87. The van der Waals surface area contributed by atoms with Gasteiger partial charge in [-0.2, -0.15) is 5.26 Å². The average Bonchev–Trinajstić information content (AvgIpc) is 2.82. The van der Waals surface area contributed by atoms with Gasteiger partial charge in [-0.25, -0.2) is 9.37 Å². The average molecular weight is 327 g/mol. The zero-order chi connectivity index (χ0) is 14.4. The summed E-state index contributed by atoms with van der Waals surface area (Å²) in [5.41, 5.74) is 0.141. The highest BCUT2D eigenvalue weighted by molar-refractivity contribution is 9.10. The molecule has 0 aliphatic rings. The molecule has 0 saturated heterocycles. The number of aliphatic hydroxyl groups excluding tert-OH is 1. The van der Waals surface area contributed by atoms with Crippen LogP contribution in [0.3, 0.4) is 0 Å². The second-order valence-corrected chi connectivity index (χ2v) is 5.77. The van der Waals surface area contributed by atoms with Crippen LogP contribution >= 0.6 is 15.9 Å². The summed E-state index contributed by atoms with van der Waals surface area (Å²) in [5.74, 6) is -0.378. The molecule has 100 valence electrons. The molecular formula is C13H12BrFN2O2. The van der Waals surface area contributed by atoms with Crippen LogP contribution in [0.15, 0.2) is 8.89 Å². The highest BCUT2D eigenvalue weighted by Crippen LogP contribution is 2.35. The van der Waals surface area contributed by atoms with Crippen molar-refractivity contribution in [3.8, 4) is 6.07 Å². The Labute approximate surface area is 118 Å². The normalized spacial score (nSPS) is 11.8. The molecule has 0 saturated carbocycles. The molecule has 0 bridgehead atoms. The van der Waals surface area contributed by atoms with Gasteiger partial charge in [0.05, 0.1) is 22.1 Å². The van der Waals surface area contributed by atoms with Gasteiger partial charge >= 0.3 is 0 Å². The largest absolute Gasteiger partial charge is 0.437 e. The summed E-state index contributed by atoms with van der Waals surface area (Å²) in [6.07, 6.45) is 0. The van der Waals surface area contributed by atoms with Crippen LogP contribution in [0.2, 0.25) is 0 Å². The molecule has 0 fully saturated rings. The van der Waals surface area contributed by atoms with Gasteiger partial charge in [0.15, 0.2) is 11.4 Å². The van der Waals surface area contributed by atoms with E-state index in [-0.39, 0.29) is 33.6 Å². The van der Waals surface area contributed by atoms with E-state index in [1.807, 2.05) is 6.07 Å². The zero-order valence-corrected chi connectivity index (χ0v) is 12.3. The Hall–Kier alpha value is -1.45. The van der Waals surface area contributed by atoms with Crippen LogP contribution < -0.4 is 0 Å². The number of benzene rings is 1. The number of rotatable bonds is 2. The van der Waals surface area contributed by atoms with Crippen molar-refractivity contribution in [2.45, 2.75) is 26.2 Å². The Bertz CT molecular complexity index is 701. The Morgan fingerprint density at radius 2 is 2.16 bits per heavy atom. The highest BCUT2D eigenvalue weighted by atomic mass is 79.9. The van der Waals surface area contributed by atoms with Crippen molar-refractivity contribution < 1.29 is 13.9 Å². The van der Waals surface area contributed by atoms with E-state index in [9.17, 15) is 14.8 Å². The first-order valence-corrected chi connectivity index (χ1v) is 6.42. The molecule has 0 radical (unpaired) electrons. The summed E-state index contributed by atoms with van der Waals surface area (Å²) in [4.78, 5) is 4.18. The van der Waals surface area contributed by atoms with Crippen LogP contribution in [-0.4, -0.2) is 16.7 Å². The minimum atomic E-state index is -0.738. The number of halogens is 2. The van der Waals surface area contributed by atoms with Gasteiger partial charge < -0.3 is 9.52 Å². The number of fused-ring (bicyclic) bond motifs is 1. The van der Waals surface area contributed by atoms with Crippen molar-refractivity contribution in [2.75, 3.05) is 6.61 Å². The lowest BCUT2D eigenvalue weighted by Gasteiger charge is -2.15. The summed E-state index contributed by atoms with van der Waals surface area (Å²) in [6, 6.07) is 2.01. The van der Waals surface area contributed by atoms with E-state index in [2.05, 4.69) is 20.9 Å². The van der Waals surface area contributed by atoms with E-state index in [1.54, 1.807) is 20.8 Å². The maximum atomic E-state index is 14.1. The third-order valence-electron chi connectivity index (χ3n) is 3.05. The summed E-state index contributed by atoms with van der Waals surface area (Å²) < 4.78 is 19.7. The van der Waals surface area contributed by atoms with Crippen LogP contribution in [0, 0.1) is 24.1 Å². The number of aromatic nitrogens is 1. The summed E-state index contributed by atoms with van der Waals surface area (Å²) in [6.45, 7) is 4.90. The Morgan fingerprint density at radius 1 is 1.53 bits per heavy atom. The van der Waals surface area contributed by atoms with E-state index in [4.69, 9.17) is 4.42 Å². The number of hydrogen-bond donors (Lipinski definition) is 1. The van der Waals surface area contributed by atoms with Crippen LogP contribution in [0.4, 0.5) is 4.39 Å². The molecular weight excluding hydrogens is 315 g/mol. The number of nitriles is 1. The van der Waals surface area contributed by atoms with Crippen LogP contribution in [0.1, 0.15) is 30.9 Å². The smallest absolute Gasteiger partial charge is 0.203 e. The molecule has 19 heavy (non-hydrogen) atoms. The first-order chi connectivity index (χ1) is 8.83. The Kier molecular flexibility index (Phi) is 3.37. The molecule has 0 spiro atoms. The standard InChI is InChI=1S/C13H12BrFN2O2/c1-6-7(4-16)10-11(9(15)8(6)14)19-12(17-10)13(2,3)5-18/h18H,5H2,1-3H3. The van der Waals surface area contributed by atoms with E-state index < -0.39 is 11.2 Å².